The number of hydrogen-bond acceptors (Lipinski definition) is 4. The number of carbonyl (C=O) groups excluding carboxylic acids is 2. The highest BCUT2D eigenvalue weighted by Gasteiger charge is 2.20. The maximum Gasteiger partial charge on any atom is 0.278 e. The normalized spacial score (nSPS) is 15.1. The molecule has 2 amide bonds. The smallest absolute Gasteiger partial charge is 0.278 e. The number of nitro benzene ring substituents is 1. The number of piperazine rings is 1. The zero-order valence-electron chi connectivity index (χ0n) is 12.2. The number of benzene rings is 1. The summed E-state index contributed by atoms with van der Waals surface area (Å²) in [6, 6.07) is 6.96. The third kappa shape index (κ3) is 3.91. The first-order valence-electron chi connectivity index (χ1n) is 6.86. The summed E-state index contributed by atoms with van der Waals surface area (Å²) in [6.45, 7) is 3.55. The Kier molecular flexibility index (Phi) is 4.88. The van der Waals surface area contributed by atoms with E-state index in [4.69, 9.17) is 0 Å². The van der Waals surface area contributed by atoms with Crippen LogP contribution in [0.2, 0.25) is 0 Å². The molecule has 1 saturated heterocycles. The lowest BCUT2D eigenvalue weighted by Gasteiger charge is -2.33. The molecule has 1 aliphatic heterocycles. The summed E-state index contributed by atoms with van der Waals surface area (Å²) in [5, 5.41) is 10.7. The molecule has 1 heterocycles. The Bertz CT molecular complexity index is 619. The molecule has 22 heavy (non-hydrogen) atoms. The zero-order chi connectivity index (χ0) is 16.1. The third-order valence-electron chi connectivity index (χ3n) is 3.46. The molecular weight excluding hydrogens is 286 g/mol. The van der Waals surface area contributed by atoms with E-state index < -0.39 is 4.92 Å². The van der Waals surface area contributed by atoms with Crippen LogP contribution in [-0.4, -0.2) is 52.7 Å². The van der Waals surface area contributed by atoms with Gasteiger partial charge in [-0.25, -0.2) is 0 Å². The van der Waals surface area contributed by atoms with Gasteiger partial charge in [-0.15, -0.1) is 0 Å². The molecule has 0 aromatic heterocycles. The molecule has 1 radical (unpaired) electrons. The number of carbonyl (C=O) groups is 2. The molecule has 0 saturated carbocycles. The Balaban J connectivity index is 1.96. The predicted octanol–water partition coefficient (Wildman–Crippen LogP) is 1.10. The summed E-state index contributed by atoms with van der Waals surface area (Å²) in [5.41, 5.74) is 0.436. The minimum atomic E-state index is -0.528. The van der Waals surface area contributed by atoms with Crippen molar-refractivity contribution in [2.75, 3.05) is 26.2 Å². The molecular formula is C15H16N3O4. The van der Waals surface area contributed by atoms with Crippen molar-refractivity contribution in [2.24, 2.45) is 0 Å². The molecule has 1 aromatic carbocycles. The first-order chi connectivity index (χ1) is 10.5. The summed E-state index contributed by atoms with van der Waals surface area (Å²) < 4.78 is 0. The van der Waals surface area contributed by atoms with E-state index in [1.807, 2.05) is 0 Å². The molecule has 0 bridgehead atoms. The van der Waals surface area contributed by atoms with Crippen LogP contribution in [0.1, 0.15) is 12.5 Å². The predicted molar refractivity (Wildman–Crippen MR) is 79.8 cm³/mol. The molecule has 0 spiro atoms. The van der Waals surface area contributed by atoms with Crippen molar-refractivity contribution in [3.05, 3.63) is 46.0 Å². The Morgan fingerprint density at radius 2 is 1.91 bits per heavy atom. The second kappa shape index (κ2) is 6.84. The summed E-state index contributed by atoms with van der Waals surface area (Å²) in [7, 11) is 0. The van der Waals surface area contributed by atoms with Crippen molar-refractivity contribution in [3.63, 3.8) is 0 Å². The molecule has 1 aromatic rings. The average Bonchev–Trinajstić information content (AvgIpc) is 2.53. The van der Waals surface area contributed by atoms with E-state index in [1.165, 1.54) is 25.1 Å². The van der Waals surface area contributed by atoms with Crippen LogP contribution >= 0.6 is 0 Å². The van der Waals surface area contributed by atoms with Crippen molar-refractivity contribution in [2.45, 2.75) is 6.92 Å². The van der Waals surface area contributed by atoms with Gasteiger partial charge in [0.05, 0.1) is 11.0 Å². The monoisotopic (exact) mass is 302 g/mol. The van der Waals surface area contributed by atoms with Gasteiger partial charge in [0.1, 0.15) is 0 Å². The average molecular weight is 302 g/mol. The SMILES string of the molecule is CC(=O)N1CCN(C(=O)/C=C/c2cc[c]c([N+](=O)[O-])c2)CC1. The van der Waals surface area contributed by atoms with Gasteiger partial charge in [-0.2, -0.15) is 0 Å². The maximum absolute atomic E-state index is 12.1. The molecule has 115 valence electrons. The number of rotatable bonds is 3. The van der Waals surface area contributed by atoms with Gasteiger partial charge >= 0.3 is 0 Å². The fourth-order valence-corrected chi connectivity index (χ4v) is 2.19. The number of nitro groups is 1. The Labute approximate surface area is 128 Å². The number of amides is 2. The summed E-state index contributed by atoms with van der Waals surface area (Å²) >= 11 is 0. The van der Waals surface area contributed by atoms with E-state index in [0.29, 0.717) is 31.7 Å². The van der Waals surface area contributed by atoms with Gasteiger partial charge < -0.3 is 9.80 Å². The van der Waals surface area contributed by atoms with Crippen molar-refractivity contribution in [1.82, 2.24) is 9.80 Å². The lowest BCUT2D eigenvalue weighted by Crippen LogP contribution is -2.49. The minimum absolute atomic E-state index is 0.00971. The molecule has 0 unspecified atom stereocenters. The zero-order valence-corrected chi connectivity index (χ0v) is 12.2. The van der Waals surface area contributed by atoms with E-state index in [9.17, 15) is 19.7 Å². The van der Waals surface area contributed by atoms with E-state index >= 15 is 0 Å². The largest absolute Gasteiger partial charge is 0.339 e. The van der Waals surface area contributed by atoms with Gasteiger partial charge in [0.25, 0.3) is 5.69 Å². The number of nitrogens with zero attached hydrogens (tertiary/aromatic N) is 3. The second-order valence-electron chi connectivity index (χ2n) is 4.93. The Hall–Kier alpha value is -2.70. The van der Waals surface area contributed by atoms with E-state index in [1.54, 1.807) is 21.9 Å². The van der Waals surface area contributed by atoms with Gasteiger partial charge in [0.2, 0.25) is 11.8 Å². The first-order valence-corrected chi connectivity index (χ1v) is 6.86. The number of non-ortho nitro benzene ring substituents is 1. The molecule has 0 atom stereocenters. The molecule has 0 N–H and O–H groups in total. The van der Waals surface area contributed by atoms with Gasteiger partial charge in [0.15, 0.2) is 0 Å². The fraction of sp³-hybridized carbons (Fsp3) is 0.333. The van der Waals surface area contributed by atoms with Crippen LogP contribution in [0.25, 0.3) is 6.08 Å². The molecule has 7 nitrogen and oxygen atoms in total. The molecule has 0 aliphatic carbocycles. The van der Waals surface area contributed by atoms with E-state index in [2.05, 4.69) is 6.07 Å². The molecule has 7 heteroatoms. The van der Waals surface area contributed by atoms with Gasteiger partial charge in [-0.3, -0.25) is 19.7 Å². The van der Waals surface area contributed by atoms with Gasteiger partial charge in [0, 0.05) is 45.2 Å². The van der Waals surface area contributed by atoms with Crippen molar-refractivity contribution < 1.29 is 14.5 Å². The Morgan fingerprint density at radius 3 is 2.50 bits per heavy atom. The van der Waals surface area contributed by atoms with Crippen LogP contribution in [0.4, 0.5) is 5.69 Å². The maximum atomic E-state index is 12.1. The quantitative estimate of drug-likeness (QED) is 0.475. The van der Waals surface area contributed by atoms with Crippen LogP contribution in [0.3, 0.4) is 0 Å². The van der Waals surface area contributed by atoms with Crippen molar-refractivity contribution in [1.29, 1.82) is 0 Å². The van der Waals surface area contributed by atoms with Crippen LogP contribution in [0, 0.1) is 16.2 Å². The molecule has 2 rings (SSSR count). The third-order valence-corrected chi connectivity index (χ3v) is 3.46. The topological polar surface area (TPSA) is 83.8 Å². The minimum Gasteiger partial charge on any atom is -0.339 e. The Morgan fingerprint density at radius 1 is 1.27 bits per heavy atom. The fourth-order valence-electron chi connectivity index (χ4n) is 2.19. The van der Waals surface area contributed by atoms with Crippen LogP contribution in [0.15, 0.2) is 24.3 Å². The van der Waals surface area contributed by atoms with Crippen LogP contribution in [0.5, 0.6) is 0 Å². The summed E-state index contributed by atoms with van der Waals surface area (Å²) in [6.07, 6.45) is 2.93. The van der Waals surface area contributed by atoms with Crippen molar-refractivity contribution >= 4 is 23.6 Å². The first kappa shape index (κ1) is 15.7. The highest BCUT2D eigenvalue weighted by atomic mass is 16.6. The number of hydrogen-bond donors (Lipinski definition) is 0. The second-order valence-corrected chi connectivity index (χ2v) is 4.93. The van der Waals surface area contributed by atoms with Gasteiger partial charge in [-0.1, -0.05) is 6.07 Å². The van der Waals surface area contributed by atoms with Crippen LogP contribution < -0.4 is 0 Å². The lowest BCUT2D eigenvalue weighted by atomic mass is 10.2. The van der Waals surface area contributed by atoms with Crippen molar-refractivity contribution in [3.8, 4) is 0 Å². The van der Waals surface area contributed by atoms with Crippen LogP contribution in [-0.2, 0) is 9.59 Å². The summed E-state index contributed by atoms with van der Waals surface area (Å²) in [5.74, 6) is -0.158. The summed E-state index contributed by atoms with van der Waals surface area (Å²) in [4.78, 5) is 36.8. The molecule has 1 fully saturated rings. The van der Waals surface area contributed by atoms with Gasteiger partial charge in [-0.05, 0) is 17.7 Å². The lowest BCUT2D eigenvalue weighted by molar-refractivity contribution is -0.385. The highest BCUT2D eigenvalue weighted by molar-refractivity contribution is 5.92. The standard InChI is InChI=1S/C15H16N3O4/c1-12(19)16-7-9-17(10-8-16)15(20)6-5-13-3-2-4-14(11-13)18(21)22/h2-3,5-6,11H,7-10H2,1H3/b6-5+. The molecule has 1 aliphatic rings. The highest BCUT2D eigenvalue weighted by Crippen LogP contribution is 2.13. The van der Waals surface area contributed by atoms with E-state index in [-0.39, 0.29) is 17.5 Å². The van der Waals surface area contributed by atoms with E-state index in [0.717, 1.165) is 0 Å².